The van der Waals surface area contributed by atoms with Crippen molar-refractivity contribution in [1.82, 2.24) is 10.6 Å². The molecule has 0 aliphatic carbocycles. The minimum Gasteiger partial charge on any atom is -0.647 e. The third-order valence-corrected chi connectivity index (χ3v) is 5.39. The first-order valence-electron chi connectivity index (χ1n) is 10.8. The standard InChI is InChI=1S/C10H19N3.C10H17N3.Cu/c2*1-3-7-11-9(5-1)13-10-6-2-4-8-12-10;/h9-10,13H,1-8H2;1,5,9-10,13H,2-4,6-8H2;/q2*-2;+2. The van der Waals surface area contributed by atoms with E-state index in [-0.39, 0.29) is 23.2 Å². The van der Waals surface area contributed by atoms with E-state index in [1.165, 1.54) is 57.8 Å². The molecule has 0 spiro atoms. The van der Waals surface area contributed by atoms with Gasteiger partial charge in [-0.3, -0.25) is 0 Å². The van der Waals surface area contributed by atoms with Gasteiger partial charge < -0.3 is 31.9 Å². The molecule has 6 nitrogen and oxygen atoms in total. The van der Waals surface area contributed by atoms with Gasteiger partial charge in [0.2, 0.25) is 0 Å². The molecule has 4 heterocycles. The molecular formula is C20H36CuN6-2. The molecule has 2 N–H and O–H groups in total. The summed E-state index contributed by atoms with van der Waals surface area (Å²) in [5, 5.41) is 25.1. The van der Waals surface area contributed by atoms with Gasteiger partial charge in [0.1, 0.15) is 0 Å². The van der Waals surface area contributed by atoms with Gasteiger partial charge in [0.05, 0.1) is 0 Å². The number of hydrogen-bond donors (Lipinski definition) is 2. The van der Waals surface area contributed by atoms with Crippen LogP contribution in [0.2, 0.25) is 0 Å². The number of hydrogen-bond acceptors (Lipinski definition) is 2. The zero-order valence-corrected chi connectivity index (χ0v) is 17.4. The van der Waals surface area contributed by atoms with Crippen molar-refractivity contribution in [3.05, 3.63) is 33.4 Å². The molecule has 0 aromatic rings. The smallest absolute Gasteiger partial charge is 0.647 e. The minimum atomic E-state index is 0. The van der Waals surface area contributed by atoms with Crippen LogP contribution < -0.4 is 10.6 Å². The first kappa shape index (κ1) is 23.3. The van der Waals surface area contributed by atoms with Gasteiger partial charge in [-0.2, -0.15) is 0 Å². The van der Waals surface area contributed by atoms with Crippen LogP contribution in [-0.4, -0.2) is 50.8 Å². The molecule has 1 radical (unpaired) electrons. The molecule has 4 atom stereocenters. The summed E-state index contributed by atoms with van der Waals surface area (Å²) in [6.45, 7) is 4.07. The Hall–Kier alpha value is 0.0195. The second kappa shape index (κ2) is 14.1. The van der Waals surface area contributed by atoms with Crippen LogP contribution in [0.5, 0.6) is 0 Å². The van der Waals surface area contributed by atoms with Gasteiger partial charge >= 0.3 is 17.1 Å². The molecule has 0 aromatic carbocycles. The molecular weight excluding hydrogens is 388 g/mol. The molecule has 27 heavy (non-hydrogen) atoms. The average Bonchev–Trinajstić information content (AvgIpc) is 2.72. The third-order valence-electron chi connectivity index (χ3n) is 5.39. The molecule has 0 amide bonds. The summed E-state index contributed by atoms with van der Waals surface area (Å²) in [6.07, 6.45) is 18.2. The van der Waals surface area contributed by atoms with Gasteiger partial charge in [-0.15, -0.1) is 26.2 Å². The quantitative estimate of drug-likeness (QED) is 0.517. The Bertz CT molecular complexity index is 374. The maximum atomic E-state index is 4.55. The normalized spacial score (nSPS) is 34.1. The zero-order valence-electron chi connectivity index (χ0n) is 16.5. The van der Waals surface area contributed by atoms with Crippen LogP contribution >= 0.6 is 0 Å². The summed E-state index contributed by atoms with van der Waals surface area (Å²) >= 11 is 0. The first-order valence-corrected chi connectivity index (χ1v) is 10.8. The average molecular weight is 424 g/mol. The summed E-state index contributed by atoms with van der Waals surface area (Å²) < 4.78 is 0. The maximum absolute atomic E-state index is 4.55. The number of rotatable bonds is 4. The summed E-state index contributed by atoms with van der Waals surface area (Å²) in [5.41, 5.74) is 0. The fourth-order valence-electron chi connectivity index (χ4n) is 3.87. The maximum Gasteiger partial charge on any atom is 2.00 e. The Kier molecular flexibility index (Phi) is 12.1. The van der Waals surface area contributed by atoms with Gasteiger partial charge in [0, 0.05) is 0 Å². The first-order chi connectivity index (χ1) is 12.9. The van der Waals surface area contributed by atoms with Gasteiger partial charge in [-0.1, -0.05) is 101 Å². The van der Waals surface area contributed by atoms with Crippen molar-refractivity contribution in [1.29, 1.82) is 0 Å². The number of piperidine rings is 3. The fraction of sp³-hybridized carbons (Fsp3) is 0.900. The minimum absolute atomic E-state index is 0. The molecule has 0 saturated carbocycles. The van der Waals surface area contributed by atoms with Gasteiger partial charge in [0.15, 0.2) is 0 Å². The zero-order chi connectivity index (χ0) is 17.9. The van der Waals surface area contributed by atoms with Crippen LogP contribution in [0, 0.1) is 0 Å². The Morgan fingerprint density at radius 2 is 1.11 bits per heavy atom. The van der Waals surface area contributed by atoms with Crippen molar-refractivity contribution >= 4 is 0 Å². The van der Waals surface area contributed by atoms with Crippen molar-refractivity contribution in [3.63, 3.8) is 0 Å². The van der Waals surface area contributed by atoms with E-state index < -0.39 is 0 Å². The Morgan fingerprint density at radius 3 is 1.52 bits per heavy atom. The predicted octanol–water partition coefficient (Wildman–Crippen LogP) is 4.46. The molecule has 159 valence electrons. The van der Waals surface area contributed by atoms with Crippen LogP contribution in [-0.2, 0) is 17.1 Å². The van der Waals surface area contributed by atoms with Crippen molar-refractivity contribution in [3.8, 4) is 0 Å². The largest absolute Gasteiger partial charge is 2.00 e. The van der Waals surface area contributed by atoms with E-state index in [2.05, 4.69) is 44.1 Å². The van der Waals surface area contributed by atoms with Crippen molar-refractivity contribution < 1.29 is 17.1 Å². The third kappa shape index (κ3) is 9.37. The molecule has 4 aliphatic heterocycles. The topological polar surface area (TPSA) is 80.5 Å². The molecule has 7 heteroatoms. The van der Waals surface area contributed by atoms with E-state index in [1.54, 1.807) is 0 Å². The SMILES string of the molecule is C1=CC(NC2CCCC[N-]2)[N-]CC1.C1CCC(NC2CCCC[N-]2)[N-]C1.[Cu+2]. The number of nitrogens with zero attached hydrogens (tertiary/aromatic N) is 4. The van der Waals surface area contributed by atoms with E-state index >= 15 is 0 Å². The van der Waals surface area contributed by atoms with Crippen molar-refractivity contribution in [2.75, 3.05) is 26.2 Å². The fourth-order valence-corrected chi connectivity index (χ4v) is 3.87. The van der Waals surface area contributed by atoms with Crippen LogP contribution in [0.3, 0.4) is 0 Å². The molecule has 4 rings (SSSR count). The Morgan fingerprint density at radius 1 is 0.593 bits per heavy atom. The van der Waals surface area contributed by atoms with Crippen LogP contribution in [0.25, 0.3) is 21.3 Å². The van der Waals surface area contributed by atoms with Gasteiger partial charge in [-0.05, 0) is 0 Å². The van der Waals surface area contributed by atoms with E-state index in [0.717, 1.165) is 32.6 Å². The Balaban J connectivity index is 0.000000187. The van der Waals surface area contributed by atoms with Crippen LogP contribution in [0.1, 0.15) is 64.2 Å². The van der Waals surface area contributed by atoms with E-state index in [0.29, 0.717) is 18.5 Å². The molecule has 4 unspecified atom stereocenters. The van der Waals surface area contributed by atoms with Gasteiger partial charge in [0.25, 0.3) is 0 Å². The monoisotopic (exact) mass is 423 g/mol. The molecule has 0 aromatic heterocycles. The van der Waals surface area contributed by atoms with Gasteiger partial charge in [-0.25, -0.2) is 0 Å². The van der Waals surface area contributed by atoms with E-state index in [9.17, 15) is 0 Å². The second-order valence-corrected chi connectivity index (χ2v) is 7.65. The summed E-state index contributed by atoms with van der Waals surface area (Å²) in [4.78, 5) is 0. The Labute approximate surface area is 176 Å². The molecule has 3 saturated heterocycles. The summed E-state index contributed by atoms with van der Waals surface area (Å²) in [6, 6.07) is 0. The van der Waals surface area contributed by atoms with Crippen LogP contribution in [0.15, 0.2) is 12.2 Å². The molecule has 4 aliphatic rings. The van der Waals surface area contributed by atoms with E-state index in [4.69, 9.17) is 0 Å². The second-order valence-electron chi connectivity index (χ2n) is 7.65. The summed E-state index contributed by atoms with van der Waals surface area (Å²) in [7, 11) is 0. The molecule has 3 fully saturated rings. The number of nitrogens with one attached hydrogen (secondary N) is 2. The van der Waals surface area contributed by atoms with Crippen molar-refractivity contribution in [2.24, 2.45) is 0 Å². The summed E-state index contributed by atoms with van der Waals surface area (Å²) in [5.74, 6) is 0. The molecule has 0 bridgehead atoms. The predicted molar refractivity (Wildman–Crippen MR) is 110 cm³/mol. The van der Waals surface area contributed by atoms with Crippen molar-refractivity contribution in [2.45, 2.75) is 88.9 Å². The van der Waals surface area contributed by atoms with E-state index in [1.807, 2.05) is 0 Å². The van der Waals surface area contributed by atoms with Crippen LogP contribution in [0.4, 0.5) is 0 Å².